The van der Waals surface area contributed by atoms with Gasteiger partial charge in [-0.3, -0.25) is 9.59 Å². The van der Waals surface area contributed by atoms with Crippen molar-refractivity contribution >= 4 is 35.0 Å². The minimum atomic E-state index is -0.666. The Balaban J connectivity index is 1.78. The highest BCUT2D eigenvalue weighted by Crippen LogP contribution is 2.22. The number of nitrogens with one attached hydrogen (secondary N) is 1. The molecule has 3 rings (SSSR count). The molecule has 0 aliphatic rings. The molecule has 5 nitrogen and oxygen atoms in total. The van der Waals surface area contributed by atoms with E-state index in [1.807, 2.05) is 48.5 Å². The quantitative estimate of drug-likeness (QED) is 0.231. The first kappa shape index (κ1) is 28.5. The van der Waals surface area contributed by atoms with Gasteiger partial charge < -0.3 is 15.0 Å². The molecule has 0 aliphatic carbocycles. The number of unbranched alkanes of at least 4 members (excludes halogenated alkanes) is 1. The number of benzene rings is 3. The summed E-state index contributed by atoms with van der Waals surface area (Å²) in [6.07, 6.45) is 3.02. The van der Waals surface area contributed by atoms with E-state index in [9.17, 15) is 9.59 Å². The third-order valence-electron chi connectivity index (χ3n) is 6.02. The van der Waals surface area contributed by atoms with Crippen LogP contribution in [0.5, 0.6) is 5.75 Å². The van der Waals surface area contributed by atoms with Crippen LogP contribution in [-0.2, 0) is 22.6 Å². The molecule has 0 spiro atoms. The maximum Gasteiger partial charge on any atom is 0.243 e. The van der Waals surface area contributed by atoms with Crippen molar-refractivity contribution in [2.75, 3.05) is 13.2 Å². The Kier molecular flexibility index (Phi) is 11.8. The van der Waals surface area contributed by atoms with Crippen LogP contribution in [0.15, 0.2) is 78.9 Å². The fourth-order valence-corrected chi connectivity index (χ4v) is 4.28. The van der Waals surface area contributed by atoms with Gasteiger partial charge in [-0.15, -0.1) is 0 Å². The molecule has 0 aliphatic heterocycles. The van der Waals surface area contributed by atoms with Gasteiger partial charge >= 0.3 is 0 Å². The highest BCUT2D eigenvalue weighted by Gasteiger charge is 2.30. The van der Waals surface area contributed by atoms with Crippen molar-refractivity contribution in [1.82, 2.24) is 10.2 Å². The van der Waals surface area contributed by atoms with Gasteiger partial charge in [-0.25, -0.2) is 0 Å². The first-order valence-electron chi connectivity index (χ1n) is 12.7. The van der Waals surface area contributed by atoms with E-state index in [4.69, 9.17) is 27.9 Å². The maximum absolute atomic E-state index is 13.6. The Labute approximate surface area is 229 Å². The summed E-state index contributed by atoms with van der Waals surface area (Å²) in [4.78, 5) is 28.7. The third kappa shape index (κ3) is 9.42. The number of hydrogen-bond donors (Lipinski definition) is 1. The van der Waals surface area contributed by atoms with E-state index in [1.165, 1.54) is 0 Å². The molecular weight excluding hydrogens is 507 g/mol. The number of nitrogens with zero attached hydrogens (tertiary/aromatic N) is 1. The summed E-state index contributed by atoms with van der Waals surface area (Å²) in [7, 11) is 0. The van der Waals surface area contributed by atoms with E-state index in [0.717, 1.165) is 24.0 Å². The molecule has 0 saturated heterocycles. The largest absolute Gasteiger partial charge is 0.494 e. The lowest BCUT2D eigenvalue weighted by Crippen LogP contribution is -2.50. The van der Waals surface area contributed by atoms with Gasteiger partial charge in [-0.1, -0.05) is 85.1 Å². The molecule has 196 valence electrons. The molecule has 3 aromatic carbocycles. The molecule has 0 fully saturated rings. The summed E-state index contributed by atoms with van der Waals surface area (Å²) < 4.78 is 5.77. The van der Waals surface area contributed by atoms with Crippen molar-refractivity contribution < 1.29 is 14.3 Å². The molecule has 0 aromatic heterocycles. The van der Waals surface area contributed by atoms with Gasteiger partial charge in [0.25, 0.3) is 0 Å². The van der Waals surface area contributed by atoms with Crippen LogP contribution >= 0.6 is 23.2 Å². The topological polar surface area (TPSA) is 58.6 Å². The predicted molar refractivity (Wildman–Crippen MR) is 150 cm³/mol. The monoisotopic (exact) mass is 540 g/mol. The summed E-state index contributed by atoms with van der Waals surface area (Å²) >= 11 is 12.4. The lowest BCUT2D eigenvalue weighted by molar-refractivity contribution is -0.141. The summed E-state index contributed by atoms with van der Waals surface area (Å²) in [6.45, 7) is 3.27. The van der Waals surface area contributed by atoms with Crippen molar-refractivity contribution in [2.24, 2.45) is 0 Å². The minimum absolute atomic E-state index is 0.119. The standard InChI is InChI=1S/C30H34Cl2N2O3/c1-2-3-19-33-30(36)28(21-23-10-5-4-6-11-23)34(22-24-12-7-8-13-27(24)32)29(35)14-9-20-37-26-17-15-25(31)16-18-26/h4-8,10-13,15-18,28H,2-3,9,14,19-22H2,1H3,(H,33,36)/t28-/m0/s1. The second kappa shape index (κ2) is 15.3. The fraction of sp³-hybridized carbons (Fsp3) is 0.333. The molecule has 1 atom stereocenters. The predicted octanol–water partition coefficient (Wildman–Crippen LogP) is 6.71. The van der Waals surface area contributed by atoms with E-state index in [2.05, 4.69) is 12.2 Å². The van der Waals surface area contributed by atoms with Gasteiger partial charge in [0.15, 0.2) is 0 Å². The van der Waals surface area contributed by atoms with Crippen LogP contribution in [0, 0.1) is 0 Å². The molecule has 0 unspecified atom stereocenters. The zero-order valence-corrected chi connectivity index (χ0v) is 22.7. The zero-order valence-electron chi connectivity index (χ0n) is 21.2. The van der Waals surface area contributed by atoms with Gasteiger partial charge in [0.05, 0.1) is 6.61 Å². The molecule has 2 amide bonds. The van der Waals surface area contributed by atoms with Gasteiger partial charge in [-0.2, -0.15) is 0 Å². The van der Waals surface area contributed by atoms with Crippen molar-refractivity contribution in [1.29, 1.82) is 0 Å². The van der Waals surface area contributed by atoms with Crippen molar-refractivity contribution in [3.8, 4) is 5.75 Å². The van der Waals surface area contributed by atoms with E-state index in [1.54, 1.807) is 35.2 Å². The summed E-state index contributed by atoms with van der Waals surface area (Å²) in [5.74, 6) is 0.420. The average molecular weight is 542 g/mol. The summed E-state index contributed by atoms with van der Waals surface area (Å²) in [6, 6.07) is 23.6. The highest BCUT2D eigenvalue weighted by atomic mass is 35.5. The number of hydrogen-bond acceptors (Lipinski definition) is 3. The van der Waals surface area contributed by atoms with E-state index in [-0.39, 0.29) is 24.8 Å². The van der Waals surface area contributed by atoms with E-state index < -0.39 is 6.04 Å². The first-order chi connectivity index (χ1) is 18.0. The molecule has 0 heterocycles. The molecule has 0 saturated carbocycles. The van der Waals surface area contributed by atoms with Crippen LogP contribution in [-0.4, -0.2) is 35.9 Å². The molecular formula is C30H34Cl2N2O3. The van der Waals surface area contributed by atoms with E-state index in [0.29, 0.717) is 41.8 Å². The lowest BCUT2D eigenvalue weighted by Gasteiger charge is -2.32. The van der Waals surface area contributed by atoms with Crippen LogP contribution in [0.25, 0.3) is 0 Å². The second-order valence-electron chi connectivity index (χ2n) is 8.87. The number of rotatable bonds is 14. The Morgan fingerprint density at radius 1 is 0.919 bits per heavy atom. The van der Waals surface area contributed by atoms with E-state index >= 15 is 0 Å². The van der Waals surface area contributed by atoms with Gasteiger partial charge in [0.2, 0.25) is 11.8 Å². The average Bonchev–Trinajstić information content (AvgIpc) is 2.91. The van der Waals surface area contributed by atoms with Crippen molar-refractivity contribution in [2.45, 2.75) is 51.6 Å². The smallest absolute Gasteiger partial charge is 0.243 e. The van der Waals surface area contributed by atoms with Gasteiger partial charge in [-0.05, 0) is 54.3 Å². The molecule has 1 N–H and O–H groups in total. The number of amides is 2. The van der Waals surface area contributed by atoms with Crippen LogP contribution in [0.4, 0.5) is 0 Å². The fourth-order valence-electron chi connectivity index (χ4n) is 3.96. The lowest BCUT2D eigenvalue weighted by atomic mass is 10.0. The Morgan fingerprint density at radius 3 is 2.32 bits per heavy atom. The second-order valence-corrected chi connectivity index (χ2v) is 9.71. The zero-order chi connectivity index (χ0) is 26.5. The van der Waals surface area contributed by atoms with Crippen molar-refractivity contribution in [3.63, 3.8) is 0 Å². The molecule has 7 heteroatoms. The SMILES string of the molecule is CCCCNC(=O)[C@H](Cc1ccccc1)N(Cc1ccccc1Cl)C(=O)CCCOc1ccc(Cl)cc1. The van der Waals surface area contributed by atoms with Crippen LogP contribution < -0.4 is 10.1 Å². The maximum atomic E-state index is 13.6. The molecule has 0 bridgehead atoms. The molecule has 37 heavy (non-hydrogen) atoms. The van der Waals surface area contributed by atoms with Crippen LogP contribution in [0.2, 0.25) is 10.0 Å². The number of ether oxygens (including phenoxy) is 1. The number of carbonyl (C=O) groups is 2. The summed E-state index contributed by atoms with van der Waals surface area (Å²) in [5, 5.41) is 4.24. The minimum Gasteiger partial charge on any atom is -0.494 e. The first-order valence-corrected chi connectivity index (χ1v) is 13.5. The van der Waals surface area contributed by atoms with Gasteiger partial charge in [0.1, 0.15) is 11.8 Å². The Morgan fingerprint density at radius 2 is 1.62 bits per heavy atom. The Hall–Kier alpha value is -3.02. The van der Waals surface area contributed by atoms with Crippen molar-refractivity contribution in [3.05, 3.63) is 100 Å². The third-order valence-corrected chi connectivity index (χ3v) is 6.64. The number of halogens is 2. The molecule has 3 aromatic rings. The van der Waals surface area contributed by atoms with Crippen LogP contribution in [0.1, 0.15) is 43.7 Å². The summed E-state index contributed by atoms with van der Waals surface area (Å²) in [5.41, 5.74) is 1.79. The normalized spacial score (nSPS) is 11.5. The van der Waals surface area contributed by atoms with Crippen LogP contribution in [0.3, 0.4) is 0 Å². The highest BCUT2D eigenvalue weighted by molar-refractivity contribution is 6.31. The Bertz CT molecular complexity index is 1120. The molecule has 0 radical (unpaired) electrons. The van der Waals surface area contributed by atoms with Gasteiger partial charge in [0, 0.05) is 36.0 Å². The number of carbonyl (C=O) groups excluding carboxylic acids is 2.